The van der Waals surface area contributed by atoms with Crippen LogP contribution in [0.2, 0.25) is 0 Å². The van der Waals surface area contributed by atoms with Crippen LogP contribution in [0.15, 0.2) is 109 Å². The van der Waals surface area contributed by atoms with Crippen LogP contribution in [0, 0.1) is 0 Å². The van der Waals surface area contributed by atoms with E-state index in [-0.39, 0.29) is 34.0 Å². The van der Waals surface area contributed by atoms with Gasteiger partial charge < -0.3 is 5.32 Å². The van der Waals surface area contributed by atoms with E-state index in [9.17, 15) is 52.7 Å². The van der Waals surface area contributed by atoms with Gasteiger partial charge in [0.2, 0.25) is 0 Å². The van der Waals surface area contributed by atoms with Gasteiger partial charge in [0, 0.05) is 22.1 Å². The van der Waals surface area contributed by atoms with E-state index in [4.69, 9.17) is 0 Å². The molecule has 0 saturated carbocycles. The Morgan fingerprint density at radius 2 is 0.653 bits per heavy atom. The number of hydrogen-bond donors (Lipinski definition) is 1. The van der Waals surface area contributed by atoms with Crippen molar-refractivity contribution in [2.75, 3.05) is 5.32 Å². The maximum atomic E-state index is 14.0. The minimum Gasteiger partial charge on any atom is -0.355 e. The van der Waals surface area contributed by atoms with Crippen LogP contribution in [0.4, 0.5) is 64.1 Å². The quantitative estimate of drug-likeness (QED) is 0.181. The van der Waals surface area contributed by atoms with Crippen LogP contribution in [0.1, 0.15) is 22.3 Å². The van der Waals surface area contributed by atoms with Gasteiger partial charge in [0.05, 0.1) is 22.3 Å². The summed E-state index contributed by atoms with van der Waals surface area (Å²) in [6.07, 6.45) is -20.2. The van der Waals surface area contributed by atoms with Crippen molar-refractivity contribution in [3.63, 3.8) is 0 Å². The Labute approximate surface area is 269 Å². The fourth-order valence-corrected chi connectivity index (χ4v) is 5.81. The fraction of sp³-hybridized carbons (Fsp3) is 0.111. The monoisotopic (exact) mass is 693 g/mol. The summed E-state index contributed by atoms with van der Waals surface area (Å²) in [4.78, 5) is 0. The number of anilines is 2. The topological polar surface area (TPSA) is 12.0 Å². The zero-order valence-corrected chi connectivity index (χ0v) is 24.4. The van der Waals surface area contributed by atoms with Gasteiger partial charge >= 0.3 is 24.7 Å². The molecule has 1 nitrogen and oxygen atoms in total. The van der Waals surface area contributed by atoms with Gasteiger partial charge in [-0.3, -0.25) is 0 Å². The summed E-state index contributed by atoms with van der Waals surface area (Å²) < 4.78 is 164. The third-order valence-corrected chi connectivity index (χ3v) is 8.00. The van der Waals surface area contributed by atoms with E-state index < -0.39 is 58.1 Å². The molecule has 0 saturated heterocycles. The Morgan fingerprint density at radius 1 is 0.327 bits per heavy atom. The van der Waals surface area contributed by atoms with Crippen LogP contribution in [0.3, 0.4) is 0 Å². The van der Waals surface area contributed by atoms with Gasteiger partial charge in [0.25, 0.3) is 0 Å². The molecular formula is C36H19F12N. The zero-order chi connectivity index (χ0) is 35.5. The van der Waals surface area contributed by atoms with E-state index in [1.54, 1.807) is 36.4 Å². The highest BCUT2D eigenvalue weighted by Gasteiger charge is 2.40. The lowest BCUT2D eigenvalue weighted by atomic mass is 9.91. The largest absolute Gasteiger partial charge is 0.417 e. The van der Waals surface area contributed by atoms with Crippen LogP contribution < -0.4 is 5.32 Å². The zero-order valence-electron chi connectivity index (χ0n) is 24.4. The number of nitrogens with one attached hydrogen (secondary N) is 1. The molecule has 0 spiro atoms. The Bertz CT molecular complexity index is 2050. The van der Waals surface area contributed by atoms with Gasteiger partial charge in [-0.1, -0.05) is 72.8 Å². The number of alkyl halides is 12. The van der Waals surface area contributed by atoms with Crippen molar-refractivity contribution in [2.24, 2.45) is 0 Å². The molecule has 252 valence electrons. The Balaban J connectivity index is 1.48. The summed E-state index contributed by atoms with van der Waals surface area (Å²) in [5, 5.41) is 4.43. The highest BCUT2D eigenvalue weighted by Crippen LogP contribution is 2.46. The second-order valence-electron chi connectivity index (χ2n) is 11.0. The van der Waals surface area contributed by atoms with Crippen molar-refractivity contribution >= 4 is 32.9 Å². The molecule has 6 aromatic rings. The average molecular weight is 694 g/mol. The van der Waals surface area contributed by atoms with E-state index in [0.29, 0.717) is 34.3 Å². The van der Waals surface area contributed by atoms with Crippen molar-refractivity contribution in [3.05, 3.63) is 131 Å². The van der Waals surface area contributed by atoms with E-state index in [1.165, 1.54) is 36.4 Å². The first kappa shape index (κ1) is 33.7. The number of benzene rings is 6. The molecule has 13 heteroatoms. The molecule has 0 bridgehead atoms. The standard InChI is InChI=1S/C36H19F12N/c37-33(38,39)19-9-11-25(29(17-19)35(43,44)45)23-13-15-31(27-7-3-1-5-21(23)27)49-32-16-14-24(22-6-2-4-8-28(22)32)26-12-10-20(34(40,41)42)18-30(26)36(46,47)48/h1-18,49H. The van der Waals surface area contributed by atoms with E-state index in [1.807, 2.05) is 0 Å². The molecule has 0 aliphatic carbocycles. The molecule has 49 heavy (non-hydrogen) atoms. The van der Waals surface area contributed by atoms with Crippen molar-refractivity contribution in [1.82, 2.24) is 0 Å². The lowest BCUT2D eigenvalue weighted by molar-refractivity contribution is -0.144. The maximum Gasteiger partial charge on any atom is 0.417 e. The van der Waals surface area contributed by atoms with Gasteiger partial charge in [0.1, 0.15) is 0 Å². The molecule has 6 rings (SSSR count). The Kier molecular flexibility index (Phi) is 8.07. The molecular weight excluding hydrogens is 674 g/mol. The van der Waals surface area contributed by atoms with Crippen molar-refractivity contribution < 1.29 is 52.7 Å². The minimum absolute atomic E-state index is 0.00406. The summed E-state index contributed by atoms with van der Waals surface area (Å²) in [5.74, 6) is 0. The highest BCUT2D eigenvalue weighted by molar-refractivity contribution is 6.08. The first-order valence-electron chi connectivity index (χ1n) is 14.2. The molecule has 0 aromatic heterocycles. The van der Waals surface area contributed by atoms with Crippen LogP contribution in [-0.2, 0) is 24.7 Å². The molecule has 1 N–H and O–H groups in total. The Morgan fingerprint density at radius 3 is 0.980 bits per heavy atom. The van der Waals surface area contributed by atoms with Crippen LogP contribution >= 0.6 is 0 Å². The van der Waals surface area contributed by atoms with Crippen molar-refractivity contribution in [3.8, 4) is 22.3 Å². The van der Waals surface area contributed by atoms with Crippen LogP contribution in [-0.4, -0.2) is 0 Å². The fourth-order valence-electron chi connectivity index (χ4n) is 5.81. The molecule has 0 aliphatic rings. The molecule has 6 aromatic carbocycles. The summed E-state index contributed by atoms with van der Waals surface area (Å²) in [6, 6.07) is 20.7. The number of halogens is 12. The Hall–Kier alpha value is -5.20. The molecule has 0 unspecified atom stereocenters. The predicted octanol–water partition coefficient (Wildman–Crippen LogP) is 13.1. The second kappa shape index (κ2) is 11.7. The number of rotatable bonds is 4. The number of hydrogen-bond acceptors (Lipinski definition) is 1. The third kappa shape index (κ3) is 6.49. The molecule has 0 amide bonds. The second-order valence-corrected chi connectivity index (χ2v) is 11.0. The summed E-state index contributed by atoms with van der Waals surface area (Å²) in [7, 11) is 0. The highest BCUT2D eigenvalue weighted by atomic mass is 19.4. The lowest BCUT2D eigenvalue weighted by Gasteiger charge is -2.20. The molecule has 0 fully saturated rings. The summed E-state index contributed by atoms with van der Waals surface area (Å²) >= 11 is 0. The first-order valence-corrected chi connectivity index (χ1v) is 14.2. The normalized spacial score (nSPS) is 12.9. The summed E-state index contributed by atoms with van der Waals surface area (Å²) in [5.41, 5.74) is -6.11. The molecule has 0 atom stereocenters. The molecule has 0 heterocycles. The van der Waals surface area contributed by atoms with E-state index >= 15 is 0 Å². The van der Waals surface area contributed by atoms with Crippen molar-refractivity contribution in [2.45, 2.75) is 24.7 Å². The van der Waals surface area contributed by atoms with Crippen LogP contribution in [0.25, 0.3) is 43.8 Å². The minimum atomic E-state index is -5.12. The molecule has 0 radical (unpaired) electrons. The number of fused-ring (bicyclic) bond motifs is 2. The molecule has 0 aliphatic heterocycles. The van der Waals surface area contributed by atoms with Gasteiger partial charge in [-0.05, 0) is 69.4 Å². The van der Waals surface area contributed by atoms with E-state index in [2.05, 4.69) is 5.32 Å². The van der Waals surface area contributed by atoms with Gasteiger partial charge in [-0.2, -0.15) is 52.7 Å². The average Bonchev–Trinajstić information content (AvgIpc) is 3.03. The SMILES string of the molecule is FC(F)(F)c1ccc(-c2ccc(Nc3ccc(-c4ccc(C(F)(F)F)cc4C(F)(F)F)c4ccccc34)c3ccccc23)c(C(F)(F)F)c1. The predicted molar refractivity (Wildman–Crippen MR) is 162 cm³/mol. The first-order chi connectivity index (χ1) is 22.8. The lowest BCUT2D eigenvalue weighted by Crippen LogP contribution is -2.12. The third-order valence-electron chi connectivity index (χ3n) is 8.00. The van der Waals surface area contributed by atoms with Gasteiger partial charge in [-0.15, -0.1) is 0 Å². The smallest absolute Gasteiger partial charge is 0.355 e. The van der Waals surface area contributed by atoms with Crippen LogP contribution in [0.5, 0.6) is 0 Å². The van der Waals surface area contributed by atoms with Gasteiger partial charge in [0.15, 0.2) is 0 Å². The van der Waals surface area contributed by atoms with Gasteiger partial charge in [-0.25, -0.2) is 0 Å². The van der Waals surface area contributed by atoms with E-state index in [0.717, 1.165) is 12.1 Å². The summed E-state index contributed by atoms with van der Waals surface area (Å²) in [6.45, 7) is 0. The van der Waals surface area contributed by atoms with Crippen molar-refractivity contribution in [1.29, 1.82) is 0 Å². The maximum absolute atomic E-state index is 14.0.